The van der Waals surface area contributed by atoms with Gasteiger partial charge in [-0.25, -0.2) is 19.2 Å². The topological polar surface area (TPSA) is 304 Å². The Labute approximate surface area is 482 Å². The number of likely N-dealkylation sites (N-methyl/N-ethyl adjacent to an activating group) is 2. The molecule has 7 atom stereocenters. The van der Waals surface area contributed by atoms with Crippen LogP contribution in [0.15, 0.2) is 66.2 Å². The number of amides is 9. The van der Waals surface area contributed by atoms with Crippen LogP contribution in [0.5, 0.6) is 0 Å². The van der Waals surface area contributed by atoms with Gasteiger partial charge in [0, 0.05) is 38.3 Å². The van der Waals surface area contributed by atoms with E-state index in [-0.39, 0.29) is 69.5 Å². The maximum atomic E-state index is 15.2. The van der Waals surface area contributed by atoms with Crippen LogP contribution in [-0.4, -0.2) is 150 Å². The lowest BCUT2D eigenvalue weighted by atomic mass is 9.69. The number of ether oxygens (including phenoxy) is 4. The number of anilines is 1. The molecule has 2 aromatic rings. The molecule has 0 saturated carbocycles. The molecule has 0 aliphatic carbocycles. The summed E-state index contributed by atoms with van der Waals surface area (Å²) in [5.41, 5.74) is 3.94. The highest BCUT2D eigenvalue weighted by atomic mass is 16.6. The Balaban J connectivity index is 1.86. The molecule has 3 rings (SSSR count). The zero-order valence-electron chi connectivity index (χ0n) is 50.7. The number of carbonyl (C=O) groups is 10. The van der Waals surface area contributed by atoms with Gasteiger partial charge < -0.3 is 61.1 Å². The number of nitrogens with two attached hydrogens (primary N) is 1. The molecule has 1 aliphatic heterocycles. The second-order valence-corrected chi connectivity index (χ2v) is 23.3. The number of nitrogens with zero attached hydrogens (tertiary/aromatic N) is 3. The monoisotopic (exact) mass is 1150 g/mol. The second kappa shape index (κ2) is 30.4. The molecule has 23 heteroatoms. The second-order valence-electron chi connectivity index (χ2n) is 23.3. The number of urea groups is 1. The maximum absolute atomic E-state index is 15.2. The molecule has 0 bridgehead atoms. The number of β-lactam (4-membered cyclic amide) rings is 1. The van der Waals surface area contributed by atoms with Crippen LogP contribution in [0.4, 0.5) is 20.1 Å². The zero-order valence-corrected chi connectivity index (χ0v) is 50.7. The Morgan fingerprint density at radius 1 is 0.780 bits per heavy atom. The molecular formula is C59H89N9O14. The van der Waals surface area contributed by atoms with Crippen molar-refractivity contribution in [2.75, 3.05) is 39.2 Å². The fraction of sp³-hybridized carbons (Fsp3) is 0.593. The molecule has 2 aromatic carbocycles. The third-order valence-electron chi connectivity index (χ3n) is 13.7. The third kappa shape index (κ3) is 19.2. The SMILES string of the molecule is CCOC(=O)CC[C@@H](NC(=O)/C(C)=C/[C@H](C(C)C)N(C)C(=O)[C@@H](N1C(=O)[C@@H](N(C)C(=O)OCc2ccc(NC(=O)[C@H](CCCNC(N)=O)NC(=O)[C@@H](NC(=O)OC(C)(C)C)C(C)C)cc2)C1(C)c1ccccc1)C(C)(C)C)C(=O)OCC. The molecule has 1 heterocycles. The summed E-state index contributed by atoms with van der Waals surface area (Å²) >= 11 is 0. The van der Waals surface area contributed by atoms with Crippen LogP contribution in [0.25, 0.3) is 0 Å². The summed E-state index contributed by atoms with van der Waals surface area (Å²) < 4.78 is 21.3. The van der Waals surface area contributed by atoms with Gasteiger partial charge in [0.05, 0.1) is 24.8 Å². The van der Waals surface area contributed by atoms with Crippen LogP contribution >= 0.6 is 0 Å². The van der Waals surface area contributed by atoms with Gasteiger partial charge in [-0.05, 0) is 108 Å². The molecule has 23 nitrogen and oxygen atoms in total. The fourth-order valence-electron chi connectivity index (χ4n) is 9.51. The van der Waals surface area contributed by atoms with Crippen molar-refractivity contribution in [1.29, 1.82) is 0 Å². The molecule has 82 heavy (non-hydrogen) atoms. The Morgan fingerprint density at radius 2 is 1.39 bits per heavy atom. The van der Waals surface area contributed by atoms with E-state index in [0.29, 0.717) is 16.8 Å². The van der Waals surface area contributed by atoms with Crippen molar-refractivity contribution in [2.24, 2.45) is 23.0 Å². The largest absolute Gasteiger partial charge is 0.466 e. The number of alkyl carbamates (subject to hydrolysis) is 1. The third-order valence-corrected chi connectivity index (χ3v) is 13.7. The van der Waals surface area contributed by atoms with Crippen molar-refractivity contribution in [3.63, 3.8) is 0 Å². The fourth-order valence-corrected chi connectivity index (χ4v) is 9.51. The van der Waals surface area contributed by atoms with Gasteiger partial charge in [-0.15, -0.1) is 0 Å². The van der Waals surface area contributed by atoms with E-state index < -0.39 is 112 Å². The molecular weight excluding hydrogens is 1060 g/mol. The zero-order chi connectivity index (χ0) is 62.0. The number of hydrogen-bond acceptors (Lipinski definition) is 14. The molecule has 7 N–H and O–H groups in total. The van der Waals surface area contributed by atoms with E-state index in [0.717, 1.165) is 0 Å². The summed E-state index contributed by atoms with van der Waals surface area (Å²) in [5.74, 6) is -4.64. The Bertz CT molecular complexity index is 2600. The first-order valence-electron chi connectivity index (χ1n) is 27.8. The average Bonchev–Trinajstić information content (AvgIpc) is 3.58. The highest BCUT2D eigenvalue weighted by Crippen LogP contribution is 2.49. The van der Waals surface area contributed by atoms with E-state index in [1.807, 2.05) is 52.8 Å². The number of primary amides is 1. The van der Waals surface area contributed by atoms with E-state index in [4.69, 9.17) is 24.7 Å². The van der Waals surface area contributed by atoms with Gasteiger partial charge >= 0.3 is 30.2 Å². The van der Waals surface area contributed by atoms with Crippen molar-refractivity contribution in [3.8, 4) is 0 Å². The summed E-state index contributed by atoms with van der Waals surface area (Å²) in [7, 11) is 3.05. The van der Waals surface area contributed by atoms with E-state index in [9.17, 15) is 43.2 Å². The van der Waals surface area contributed by atoms with Crippen LogP contribution in [-0.2, 0) is 64.7 Å². The molecule has 1 fully saturated rings. The first kappa shape index (κ1) is 68.6. The minimum Gasteiger partial charge on any atom is -0.466 e. The lowest BCUT2D eigenvalue weighted by molar-refractivity contribution is -0.190. The van der Waals surface area contributed by atoms with Gasteiger partial charge in [-0.2, -0.15) is 0 Å². The number of benzene rings is 2. The number of esters is 2. The summed E-state index contributed by atoms with van der Waals surface area (Å²) in [6.07, 6.45) is 0.160. The molecule has 1 saturated heterocycles. The number of hydrogen-bond donors (Lipinski definition) is 6. The maximum Gasteiger partial charge on any atom is 0.410 e. The Hall–Kier alpha value is -7.72. The van der Waals surface area contributed by atoms with Crippen LogP contribution in [0, 0.1) is 17.3 Å². The normalized spacial score (nSPS) is 17.1. The highest BCUT2D eigenvalue weighted by Gasteiger charge is 2.65. The highest BCUT2D eigenvalue weighted by molar-refractivity contribution is 6.00. The lowest BCUT2D eigenvalue weighted by Crippen LogP contribution is -2.80. The van der Waals surface area contributed by atoms with Crippen molar-refractivity contribution in [1.82, 2.24) is 36.0 Å². The molecule has 9 amide bonds. The number of carbonyl (C=O) groups excluding carboxylic acids is 10. The minimum atomic E-state index is -1.27. The average molecular weight is 1150 g/mol. The van der Waals surface area contributed by atoms with Gasteiger partial charge in [0.25, 0.3) is 0 Å². The Kier molecular flexibility index (Phi) is 25.4. The van der Waals surface area contributed by atoms with Crippen molar-refractivity contribution >= 4 is 65.4 Å². The number of likely N-dealkylation sites (tertiary alicyclic amines) is 1. The summed E-state index contributed by atoms with van der Waals surface area (Å²) in [6, 6.07) is 8.49. The quantitative estimate of drug-likeness (QED) is 0.0196. The summed E-state index contributed by atoms with van der Waals surface area (Å²) in [4.78, 5) is 138. The first-order valence-corrected chi connectivity index (χ1v) is 27.8. The minimum absolute atomic E-state index is 0.0554. The van der Waals surface area contributed by atoms with Gasteiger partial charge in [0.2, 0.25) is 29.5 Å². The smallest absolute Gasteiger partial charge is 0.410 e. The molecule has 0 radical (unpaired) electrons. The van der Waals surface area contributed by atoms with Crippen molar-refractivity contribution < 1.29 is 66.9 Å². The number of rotatable bonds is 27. The Morgan fingerprint density at radius 3 is 1.93 bits per heavy atom. The van der Waals surface area contributed by atoms with Gasteiger partial charge in [0.1, 0.15) is 42.4 Å². The van der Waals surface area contributed by atoms with E-state index in [2.05, 4.69) is 26.6 Å². The molecule has 0 spiro atoms. The number of nitrogens with one attached hydrogen (secondary N) is 5. The summed E-state index contributed by atoms with van der Waals surface area (Å²) in [5, 5.41) is 13.2. The lowest BCUT2D eigenvalue weighted by Gasteiger charge is -2.62. The van der Waals surface area contributed by atoms with E-state index in [1.54, 1.807) is 112 Å². The predicted octanol–water partition coefficient (Wildman–Crippen LogP) is 6.04. The van der Waals surface area contributed by atoms with E-state index >= 15 is 4.79 Å². The van der Waals surface area contributed by atoms with Crippen LogP contribution in [0.2, 0.25) is 0 Å². The van der Waals surface area contributed by atoms with Crippen LogP contribution in [0.1, 0.15) is 134 Å². The van der Waals surface area contributed by atoms with Gasteiger partial charge in [-0.3, -0.25) is 33.7 Å². The molecule has 454 valence electrons. The first-order chi connectivity index (χ1) is 38.2. The van der Waals surface area contributed by atoms with Gasteiger partial charge in [0.15, 0.2) is 0 Å². The molecule has 1 aliphatic rings. The molecule has 0 aromatic heterocycles. The van der Waals surface area contributed by atoms with Crippen molar-refractivity contribution in [2.45, 2.75) is 177 Å². The van der Waals surface area contributed by atoms with Crippen LogP contribution < -0.4 is 32.3 Å². The summed E-state index contributed by atoms with van der Waals surface area (Å²) in [6.45, 7) is 24.5. The van der Waals surface area contributed by atoms with E-state index in [1.165, 1.54) is 21.7 Å². The van der Waals surface area contributed by atoms with Crippen LogP contribution in [0.3, 0.4) is 0 Å². The van der Waals surface area contributed by atoms with Crippen molar-refractivity contribution in [3.05, 3.63) is 77.4 Å². The predicted molar refractivity (Wildman–Crippen MR) is 307 cm³/mol. The van der Waals surface area contributed by atoms with Gasteiger partial charge in [-0.1, -0.05) is 97.0 Å². The standard InChI is InChI=1S/C59H89N9O14/c1-17-79-44(69)31-30-42(53(75)80-18-2)64-48(70)37(7)33-43(35(3)4)66(15)51(73)46(57(8,9)10)68-52(74)47(59(68,14)39-23-20-19-21-24-39)67(16)56(78)81-34-38-26-28-40(29-27-38)62-49(71)41(25-22-32-61-54(60)76)63-50(72)45(36(5)6)65-55(77)82-58(11,12)13/h19-21,23-24,26-29,33,35-36,41-43,45-47H,17-18,22,25,30-32,34H2,1-16H3,(H,62,71)(H,63,72)(H,64,70)(H,65,77)(H3,60,61,76)/b37-33+/t41-,42+,43+,45-,46+,47+,59?/m0/s1. The molecule has 1 unspecified atom stereocenters.